The molecule has 3 nitrogen and oxygen atoms in total. The van der Waals surface area contributed by atoms with E-state index in [-0.39, 0.29) is 42.4 Å². The molecule has 14 unspecified atom stereocenters. The van der Waals surface area contributed by atoms with Crippen molar-refractivity contribution >= 4 is 0 Å². The van der Waals surface area contributed by atoms with Crippen LogP contribution < -0.4 is 10.6 Å². The predicted molar refractivity (Wildman–Crippen MR) is 155 cm³/mol. The van der Waals surface area contributed by atoms with E-state index >= 15 is 0 Å². The van der Waals surface area contributed by atoms with Crippen LogP contribution in [-0.4, -0.2) is 42.1 Å². The molecule has 0 radical (unpaired) electrons. The van der Waals surface area contributed by atoms with Crippen LogP contribution in [0.4, 0.5) is 13.2 Å². The number of alkyl halides is 3. The number of rotatable bonds is 6. The number of hydrogen-bond donors (Lipinski definition) is 3. The van der Waals surface area contributed by atoms with Crippen LogP contribution in [0, 0.1) is 71.5 Å². The van der Waals surface area contributed by atoms with E-state index in [0.717, 1.165) is 51.5 Å². The van der Waals surface area contributed by atoms with Crippen molar-refractivity contribution in [2.75, 3.05) is 6.54 Å². The maximum absolute atomic E-state index is 14.2. The van der Waals surface area contributed by atoms with Crippen molar-refractivity contribution in [3.63, 3.8) is 0 Å². The van der Waals surface area contributed by atoms with Crippen molar-refractivity contribution in [3.8, 4) is 12.3 Å². The molecule has 2 saturated heterocycles. The van der Waals surface area contributed by atoms with Gasteiger partial charge in [0.05, 0.1) is 12.0 Å². The van der Waals surface area contributed by atoms with Crippen LogP contribution >= 0.6 is 0 Å². The minimum atomic E-state index is -4.20. The summed E-state index contributed by atoms with van der Waals surface area (Å²) in [6, 6.07) is 1.43. The minimum Gasteiger partial charge on any atom is -0.393 e. The van der Waals surface area contributed by atoms with Gasteiger partial charge < -0.3 is 15.7 Å². The Hall–Kier alpha value is -1.03. The summed E-state index contributed by atoms with van der Waals surface area (Å²) in [6.45, 7) is 7.66. The number of piperidine rings is 1. The SMILES string of the molecule is C#CCC(C1CC(C2CCC(C)NC2)CC(C(F)(F)F)C1)C(O)C1CCC(C)C(C2C(C)NC3CCC=CC32)C1. The lowest BCUT2D eigenvalue weighted by atomic mass is 9.60. The maximum Gasteiger partial charge on any atom is 0.391 e. The van der Waals surface area contributed by atoms with Gasteiger partial charge in [0.2, 0.25) is 0 Å². The molecule has 0 spiro atoms. The first kappa shape index (κ1) is 30.4. The van der Waals surface area contributed by atoms with Crippen molar-refractivity contribution in [3.05, 3.63) is 12.2 Å². The molecule has 3 N–H and O–H groups in total. The van der Waals surface area contributed by atoms with Crippen LogP contribution in [-0.2, 0) is 0 Å². The monoisotopic (exact) mass is 562 g/mol. The summed E-state index contributed by atoms with van der Waals surface area (Å²) < 4.78 is 42.7. The minimum absolute atomic E-state index is 0.0393. The summed E-state index contributed by atoms with van der Waals surface area (Å²) in [7, 11) is 0. The van der Waals surface area contributed by atoms with Crippen LogP contribution in [0.25, 0.3) is 0 Å². The number of allylic oxidation sites excluding steroid dienone is 1. The van der Waals surface area contributed by atoms with Crippen molar-refractivity contribution in [1.29, 1.82) is 0 Å². The summed E-state index contributed by atoms with van der Waals surface area (Å²) in [4.78, 5) is 0. The number of aliphatic hydroxyl groups excluding tert-OH is 1. The van der Waals surface area contributed by atoms with Crippen LogP contribution in [0.3, 0.4) is 0 Å². The van der Waals surface area contributed by atoms with Gasteiger partial charge in [0.15, 0.2) is 0 Å². The molecule has 5 rings (SSSR count). The summed E-state index contributed by atoms with van der Waals surface area (Å²) in [6.07, 6.45) is 14.6. The average molecular weight is 563 g/mol. The molecule has 0 aromatic rings. The average Bonchev–Trinajstić information content (AvgIpc) is 3.26. The molecule has 0 amide bonds. The molecule has 0 aromatic carbocycles. The lowest BCUT2D eigenvalue weighted by Gasteiger charge is -2.47. The molecule has 4 fully saturated rings. The second-order valence-corrected chi connectivity index (χ2v) is 14.6. The van der Waals surface area contributed by atoms with E-state index in [0.29, 0.717) is 48.2 Å². The highest BCUT2D eigenvalue weighted by molar-refractivity contribution is 5.11. The van der Waals surface area contributed by atoms with Crippen LogP contribution in [0.1, 0.15) is 91.4 Å². The maximum atomic E-state index is 14.2. The van der Waals surface area contributed by atoms with Gasteiger partial charge in [0, 0.05) is 24.5 Å². The van der Waals surface area contributed by atoms with Gasteiger partial charge in [0.1, 0.15) is 0 Å². The molecule has 2 saturated carbocycles. The Labute approximate surface area is 240 Å². The quantitative estimate of drug-likeness (QED) is 0.242. The molecule has 14 atom stereocenters. The van der Waals surface area contributed by atoms with Gasteiger partial charge >= 0.3 is 6.18 Å². The normalized spacial score (nSPS) is 45.9. The van der Waals surface area contributed by atoms with Gasteiger partial charge in [-0.15, -0.1) is 12.3 Å². The van der Waals surface area contributed by atoms with E-state index < -0.39 is 18.2 Å². The standard InChI is InChI=1S/C34H53F3N2O/c1-5-8-28(26-15-25(16-27(17-26)34(35,36)37)24-14-12-21(3)38-19-24)33(40)23-13-11-20(2)30(18-23)32-22(4)39-31-10-7-6-9-29(31)32/h1,6,9,20-33,38-40H,7-8,10-19H2,2-4H3. The second-order valence-electron chi connectivity index (χ2n) is 14.6. The molecular weight excluding hydrogens is 509 g/mol. The molecular formula is C34H53F3N2O. The summed E-state index contributed by atoms with van der Waals surface area (Å²) in [5.41, 5.74) is 0. The first-order chi connectivity index (χ1) is 19.1. The van der Waals surface area contributed by atoms with Gasteiger partial charge in [-0.1, -0.05) is 25.5 Å². The van der Waals surface area contributed by atoms with E-state index in [1.165, 1.54) is 6.42 Å². The summed E-state index contributed by atoms with van der Waals surface area (Å²) >= 11 is 0. The fraction of sp³-hybridized carbons (Fsp3) is 0.882. The third-order valence-electron chi connectivity index (χ3n) is 12.2. The number of fused-ring (bicyclic) bond motifs is 1. The summed E-state index contributed by atoms with van der Waals surface area (Å²) in [5.74, 6) is 3.69. The Kier molecular flexibility index (Phi) is 9.65. The molecule has 0 aromatic heterocycles. The number of hydrogen-bond acceptors (Lipinski definition) is 3. The van der Waals surface area contributed by atoms with Gasteiger partial charge in [-0.25, -0.2) is 0 Å². The molecule has 2 heterocycles. The number of nitrogens with one attached hydrogen (secondary N) is 2. The highest BCUT2D eigenvalue weighted by Crippen LogP contribution is 2.52. The molecule has 40 heavy (non-hydrogen) atoms. The Morgan fingerprint density at radius 2 is 1.77 bits per heavy atom. The number of halogens is 3. The van der Waals surface area contributed by atoms with E-state index in [4.69, 9.17) is 6.42 Å². The van der Waals surface area contributed by atoms with E-state index in [1.54, 1.807) is 0 Å². The van der Waals surface area contributed by atoms with E-state index in [2.05, 4.69) is 49.5 Å². The van der Waals surface area contributed by atoms with Gasteiger partial charge in [-0.2, -0.15) is 13.2 Å². The third kappa shape index (κ3) is 6.47. The molecule has 2 aliphatic heterocycles. The van der Waals surface area contributed by atoms with Crippen LogP contribution in [0.15, 0.2) is 12.2 Å². The first-order valence-corrected chi connectivity index (χ1v) is 16.4. The van der Waals surface area contributed by atoms with Gasteiger partial charge in [-0.3, -0.25) is 0 Å². The predicted octanol–water partition coefficient (Wildman–Crippen LogP) is 6.96. The zero-order chi connectivity index (χ0) is 28.6. The van der Waals surface area contributed by atoms with Gasteiger partial charge in [-0.05, 0) is 131 Å². The smallest absolute Gasteiger partial charge is 0.391 e. The van der Waals surface area contributed by atoms with E-state index in [1.807, 2.05) is 0 Å². The van der Waals surface area contributed by atoms with Crippen molar-refractivity contribution < 1.29 is 18.3 Å². The van der Waals surface area contributed by atoms with Crippen molar-refractivity contribution in [2.24, 2.45) is 59.2 Å². The molecule has 226 valence electrons. The van der Waals surface area contributed by atoms with E-state index in [9.17, 15) is 18.3 Å². The molecule has 3 aliphatic carbocycles. The Morgan fingerprint density at radius 3 is 2.48 bits per heavy atom. The lowest BCUT2D eigenvalue weighted by Crippen LogP contribution is -2.46. The fourth-order valence-corrected chi connectivity index (χ4v) is 10.0. The van der Waals surface area contributed by atoms with Crippen molar-refractivity contribution in [2.45, 2.75) is 122 Å². The lowest BCUT2D eigenvalue weighted by molar-refractivity contribution is -0.196. The number of terminal acetylenes is 1. The Morgan fingerprint density at radius 1 is 0.975 bits per heavy atom. The zero-order valence-corrected chi connectivity index (χ0v) is 24.9. The van der Waals surface area contributed by atoms with Gasteiger partial charge in [0.25, 0.3) is 0 Å². The fourth-order valence-electron chi connectivity index (χ4n) is 10.0. The second kappa shape index (κ2) is 12.7. The van der Waals surface area contributed by atoms with Crippen molar-refractivity contribution in [1.82, 2.24) is 10.6 Å². The topological polar surface area (TPSA) is 44.3 Å². The first-order valence-electron chi connectivity index (χ1n) is 16.4. The Bertz CT molecular complexity index is 906. The van der Waals surface area contributed by atoms with Crippen LogP contribution in [0.2, 0.25) is 0 Å². The molecule has 5 aliphatic rings. The number of aliphatic hydroxyl groups is 1. The molecule has 6 heteroatoms. The highest BCUT2D eigenvalue weighted by atomic mass is 19.4. The third-order valence-corrected chi connectivity index (χ3v) is 12.2. The largest absolute Gasteiger partial charge is 0.393 e. The highest BCUT2D eigenvalue weighted by Gasteiger charge is 2.51. The molecule has 0 bridgehead atoms. The Balaban J connectivity index is 1.33. The summed E-state index contributed by atoms with van der Waals surface area (Å²) in [5, 5.41) is 19.3. The zero-order valence-electron chi connectivity index (χ0n) is 24.9. The van der Waals surface area contributed by atoms with Crippen LogP contribution in [0.5, 0.6) is 0 Å².